The lowest BCUT2D eigenvalue weighted by atomic mass is 10.3. The number of nitrogens with one attached hydrogen (secondary N) is 1. The van der Waals surface area contributed by atoms with Crippen LogP contribution in [0.5, 0.6) is 0 Å². The van der Waals surface area contributed by atoms with Gasteiger partial charge < -0.3 is 15.6 Å². The molecule has 0 aliphatic heterocycles. The van der Waals surface area contributed by atoms with Crippen molar-refractivity contribution < 1.29 is 0 Å². The average molecular weight is 220 g/mol. The van der Waals surface area contributed by atoms with Crippen molar-refractivity contribution in [3.63, 3.8) is 0 Å². The largest absolute Gasteiger partial charge is 0.394 e. The average Bonchev–Trinajstić information content (AvgIpc) is 2.78. The quantitative estimate of drug-likeness (QED) is 0.795. The van der Waals surface area contributed by atoms with E-state index in [1.165, 1.54) is 0 Å². The molecule has 0 fully saturated rings. The Morgan fingerprint density at radius 3 is 2.94 bits per heavy atom. The Labute approximate surface area is 94.1 Å². The van der Waals surface area contributed by atoms with Crippen LogP contribution < -0.4 is 11.1 Å². The molecule has 2 rings (SSSR count). The van der Waals surface area contributed by atoms with Crippen molar-refractivity contribution in [1.82, 2.24) is 19.3 Å². The van der Waals surface area contributed by atoms with E-state index in [0.717, 1.165) is 12.4 Å². The molecule has 2 aromatic heterocycles. The number of rotatable bonds is 4. The molecular weight excluding hydrogens is 204 g/mol. The summed E-state index contributed by atoms with van der Waals surface area (Å²) in [6.07, 6.45) is 7.27. The summed E-state index contributed by atoms with van der Waals surface area (Å²) in [5.41, 5.74) is 6.46. The van der Waals surface area contributed by atoms with E-state index in [-0.39, 0.29) is 6.04 Å². The third-order valence-electron chi connectivity index (χ3n) is 2.28. The summed E-state index contributed by atoms with van der Waals surface area (Å²) in [6.45, 7) is 2.91. The molecule has 1 atom stereocenters. The van der Waals surface area contributed by atoms with Crippen molar-refractivity contribution in [2.45, 2.75) is 19.5 Å². The van der Waals surface area contributed by atoms with Crippen LogP contribution in [0.25, 0.3) is 0 Å². The molecule has 6 nitrogen and oxygen atoms in total. The lowest BCUT2D eigenvalue weighted by Crippen LogP contribution is -2.22. The minimum atomic E-state index is 0.242. The van der Waals surface area contributed by atoms with E-state index in [9.17, 15) is 0 Å². The van der Waals surface area contributed by atoms with E-state index in [2.05, 4.69) is 22.3 Å². The second-order valence-corrected chi connectivity index (χ2v) is 3.91. The van der Waals surface area contributed by atoms with E-state index >= 15 is 0 Å². The van der Waals surface area contributed by atoms with E-state index < -0.39 is 0 Å². The van der Waals surface area contributed by atoms with Crippen LogP contribution in [0.3, 0.4) is 0 Å². The molecule has 0 aliphatic rings. The van der Waals surface area contributed by atoms with Gasteiger partial charge in [-0.3, -0.25) is 4.68 Å². The summed E-state index contributed by atoms with van der Waals surface area (Å²) in [5, 5.41) is 7.50. The molecule has 0 radical (unpaired) electrons. The highest BCUT2D eigenvalue weighted by Crippen LogP contribution is 2.15. The highest BCUT2D eigenvalue weighted by molar-refractivity contribution is 5.60. The zero-order valence-electron chi connectivity index (χ0n) is 9.46. The maximum absolute atomic E-state index is 5.80. The van der Waals surface area contributed by atoms with Gasteiger partial charge in [-0.25, -0.2) is 4.98 Å². The summed E-state index contributed by atoms with van der Waals surface area (Å²) in [6, 6.07) is 0.242. The molecule has 0 amide bonds. The van der Waals surface area contributed by atoms with Gasteiger partial charge in [-0.05, 0) is 6.92 Å². The predicted octanol–water partition coefficient (Wildman–Crippen LogP) is 0.699. The topological polar surface area (TPSA) is 73.7 Å². The Hall–Kier alpha value is -1.98. The van der Waals surface area contributed by atoms with Crippen LogP contribution in [0, 0.1) is 0 Å². The first-order valence-corrected chi connectivity index (χ1v) is 5.16. The second-order valence-electron chi connectivity index (χ2n) is 3.91. The van der Waals surface area contributed by atoms with E-state index in [1.54, 1.807) is 23.4 Å². The number of hydrogen-bond donors (Lipinski definition) is 2. The van der Waals surface area contributed by atoms with Crippen molar-refractivity contribution in [2.24, 2.45) is 7.05 Å². The van der Waals surface area contributed by atoms with Gasteiger partial charge in [0.1, 0.15) is 0 Å². The number of aromatic nitrogens is 4. The highest BCUT2D eigenvalue weighted by Gasteiger charge is 2.08. The fraction of sp³-hybridized carbons (Fsp3) is 0.400. The monoisotopic (exact) mass is 220 g/mol. The Morgan fingerprint density at radius 2 is 2.38 bits per heavy atom. The predicted molar refractivity (Wildman–Crippen MR) is 62.9 cm³/mol. The molecule has 0 aromatic carbocycles. The number of imidazole rings is 1. The molecule has 0 saturated carbocycles. The van der Waals surface area contributed by atoms with Crippen molar-refractivity contribution in [3.05, 3.63) is 24.9 Å². The third kappa shape index (κ3) is 2.33. The van der Waals surface area contributed by atoms with Crippen molar-refractivity contribution in [2.75, 3.05) is 11.1 Å². The lowest BCUT2D eigenvalue weighted by molar-refractivity contribution is 0.615. The number of nitrogens with zero attached hydrogens (tertiary/aromatic N) is 4. The van der Waals surface area contributed by atoms with Gasteiger partial charge in [-0.2, -0.15) is 5.10 Å². The van der Waals surface area contributed by atoms with Gasteiger partial charge in [0.2, 0.25) is 0 Å². The van der Waals surface area contributed by atoms with Gasteiger partial charge >= 0.3 is 0 Å². The molecule has 2 aromatic rings. The van der Waals surface area contributed by atoms with Crippen LogP contribution in [0.15, 0.2) is 24.9 Å². The summed E-state index contributed by atoms with van der Waals surface area (Å²) < 4.78 is 3.71. The molecule has 6 heteroatoms. The van der Waals surface area contributed by atoms with Gasteiger partial charge in [0, 0.05) is 38.2 Å². The Bertz CT molecular complexity index is 444. The minimum Gasteiger partial charge on any atom is -0.394 e. The van der Waals surface area contributed by atoms with Gasteiger partial charge in [0.25, 0.3) is 0 Å². The Kier molecular flexibility index (Phi) is 2.80. The molecule has 0 saturated heterocycles. The second kappa shape index (κ2) is 4.26. The maximum Gasteiger partial charge on any atom is 0.171 e. The van der Waals surface area contributed by atoms with Crippen molar-refractivity contribution >= 4 is 11.5 Å². The lowest BCUT2D eigenvalue weighted by Gasteiger charge is -2.14. The smallest absolute Gasteiger partial charge is 0.171 e. The van der Waals surface area contributed by atoms with Gasteiger partial charge in [-0.1, -0.05) is 0 Å². The van der Waals surface area contributed by atoms with Gasteiger partial charge in [-0.15, -0.1) is 0 Å². The molecule has 86 valence electrons. The van der Waals surface area contributed by atoms with Crippen LogP contribution in [-0.4, -0.2) is 25.4 Å². The number of nitrogen functional groups attached to an aromatic ring is 1. The van der Waals surface area contributed by atoms with E-state index in [1.807, 2.05) is 17.8 Å². The molecule has 0 spiro atoms. The minimum absolute atomic E-state index is 0.242. The molecule has 16 heavy (non-hydrogen) atoms. The Balaban J connectivity index is 1.97. The van der Waals surface area contributed by atoms with Gasteiger partial charge in [0.15, 0.2) is 5.82 Å². The third-order valence-corrected chi connectivity index (χ3v) is 2.28. The Morgan fingerprint density at radius 1 is 1.56 bits per heavy atom. The molecular formula is C10H16N6. The zero-order chi connectivity index (χ0) is 11.5. The summed E-state index contributed by atoms with van der Waals surface area (Å²) in [4.78, 5) is 3.99. The summed E-state index contributed by atoms with van der Waals surface area (Å²) in [5.74, 6) is 0.732. The van der Waals surface area contributed by atoms with E-state index in [0.29, 0.717) is 5.69 Å². The first-order valence-electron chi connectivity index (χ1n) is 5.16. The van der Waals surface area contributed by atoms with Crippen LogP contribution >= 0.6 is 0 Å². The van der Waals surface area contributed by atoms with Crippen molar-refractivity contribution in [1.29, 1.82) is 0 Å². The maximum atomic E-state index is 5.80. The number of anilines is 2. The standard InChI is InChI=1S/C10H16N6/c1-8(5-16-4-3-12-7-16)13-10-9(11)6-15(2)14-10/h3-4,6-8H,5,11H2,1-2H3,(H,13,14). The molecule has 1 unspecified atom stereocenters. The van der Waals surface area contributed by atoms with Crippen LogP contribution in [-0.2, 0) is 13.6 Å². The zero-order valence-corrected chi connectivity index (χ0v) is 9.46. The molecule has 0 aliphatic carbocycles. The molecule has 3 N–H and O–H groups in total. The van der Waals surface area contributed by atoms with Gasteiger partial charge in [0.05, 0.1) is 12.0 Å². The first kappa shape index (κ1) is 10.5. The van der Waals surface area contributed by atoms with Crippen LogP contribution in [0.2, 0.25) is 0 Å². The summed E-state index contributed by atoms with van der Waals surface area (Å²) >= 11 is 0. The fourth-order valence-corrected chi connectivity index (χ4v) is 1.61. The number of hydrogen-bond acceptors (Lipinski definition) is 4. The fourth-order valence-electron chi connectivity index (χ4n) is 1.61. The highest BCUT2D eigenvalue weighted by atomic mass is 15.3. The molecule has 2 heterocycles. The SMILES string of the molecule is CC(Cn1ccnc1)Nc1nn(C)cc1N. The first-order chi connectivity index (χ1) is 7.65. The molecule has 0 bridgehead atoms. The number of aryl methyl sites for hydroxylation is 1. The summed E-state index contributed by atoms with van der Waals surface area (Å²) in [7, 11) is 1.85. The van der Waals surface area contributed by atoms with E-state index in [4.69, 9.17) is 5.73 Å². The van der Waals surface area contributed by atoms with Crippen LogP contribution in [0.1, 0.15) is 6.92 Å². The normalized spacial score (nSPS) is 12.6. The van der Waals surface area contributed by atoms with Crippen molar-refractivity contribution in [3.8, 4) is 0 Å². The number of nitrogens with two attached hydrogens (primary N) is 1. The van der Waals surface area contributed by atoms with Crippen LogP contribution in [0.4, 0.5) is 11.5 Å².